The van der Waals surface area contributed by atoms with Crippen LogP contribution in [-0.2, 0) is 22.3 Å². The molecule has 1 amide bonds. The van der Waals surface area contributed by atoms with E-state index in [4.69, 9.17) is 27.9 Å². The van der Waals surface area contributed by atoms with Gasteiger partial charge in [0, 0.05) is 35.5 Å². The van der Waals surface area contributed by atoms with Crippen LogP contribution in [0.5, 0.6) is 0 Å². The molecule has 1 aliphatic rings. The fourth-order valence-corrected chi connectivity index (χ4v) is 5.42. The molecule has 0 radical (unpaired) electrons. The molecule has 198 valence electrons. The highest BCUT2D eigenvalue weighted by molar-refractivity contribution is 6.38. The fraction of sp³-hybridized carbons (Fsp3) is 0.423. The van der Waals surface area contributed by atoms with E-state index in [2.05, 4.69) is 5.10 Å². The number of carbonyl (C=O) groups excluding carboxylic acids is 2. The van der Waals surface area contributed by atoms with Crippen molar-refractivity contribution in [3.63, 3.8) is 0 Å². The average Bonchev–Trinajstić information content (AvgIpc) is 3.17. The standard InChI is InChI=1S/C26H26Cl2F3N3O3/c1-14-10-17(26(29,30)31)12-19-15(2)32-34(24(14)19)13-20-21(27)5-4-18(23(20)28)25(36)33-8-6-16(7-9-33)11-22(35)37-3/h4-5,10,12,16H,6-9,11,13H2,1-3H3. The fourth-order valence-electron chi connectivity index (χ4n) is 4.85. The van der Waals surface area contributed by atoms with Crippen LogP contribution in [0, 0.1) is 19.8 Å². The molecule has 0 saturated carbocycles. The van der Waals surface area contributed by atoms with E-state index >= 15 is 0 Å². The van der Waals surface area contributed by atoms with Crippen LogP contribution in [0.3, 0.4) is 0 Å². The monoisotopic (exact) mass is 555 g/mol. The van der Waals surface area contributed by atoms with Gasteiger partial charge in [0.05, 0.1) is 41.0 Å². The number of halogens is 5. The minimum Gasteiger partial charge on any atom is -0.469 e. The van der Waals surface area contributed by atoms with Gasteiger partial charge in [-0.25, -0.2) is 0 Å². The number of hydrogen-bond donors (Lipinski definition) is 0. The molecular formula is C26H26Cl2F3N3O3. The maximum atomic E-state index is 13.3. The van der Waals surface area contributed by atoms with E-state index in [1.807, 2.05) is 0 Å². The first-order valence-corrected chi connectivity index (χ1v) is 12.5. The lowest BCUT2D eigenvalue weighted by atomic mass is 9.93. The third-order valence-corrected chi connectivity index (χ3v) is 7.64. The highest BCUT2D eigenvalue weighted by atomic mass is 35.5. The normalized spacial score (nSPS) is 14.9. The van der Waals surface area contributed by atoms with Gasteiger partial charge in [0.1, 0.15) is 0 Å². The van der Waals surface area contributed by atoms with E-state index < -0.39 is 11.7 Å². The van der Waals surface area contributed by atoms with E-state index in [0.717, 1.165) is 12.1 Å². The number of hydrogen-bond acceptors (Lipinski definition) is 4. The maximum absolute atomic E-state index is 13.3. The molecule has 0 spiro atoms. The van der Waals surface area contributed by atoms with Crippen molar-refractivity contribution in [3.05, 3.63) is 62.3 Å². The van der Waals surface area contributed by atoms with Gasteiger partial charge in [0.2, 0.25) is 0 Å². The van der Waals surface area contributed by atoms with Crippen LogP contribution in [0.15, 0.2) is 24.3 Å². The largest absolute Gasteiger partial charge is 0.469 e. The van der Waals surface area contributed by atoms with Crippen molar-refractivity contribution in [1.82, 2.24) is 14.7 Å². The number of carbonyl (C=O) groups is 2. The number of fused-ring (bicyclic) bond motifs is 1. The molecule has 37 heavy (non-hydrogen) atoms. The number of methoxy groups -OCH3 is 1. The smallest absolute Gasteiger partial charge is 0.416 e. The summed E-state index contributed by atoms with van der Waals surface area (Å²) in [6, 6.07) is 5.35. The quantitative estimate of drug-likeness (QED) is 0.340. The number of amides is 1. The first kappa shape index (κ1) is 27.3. The molecule has 2 heterocycles. The number of rotatable bonds is 5. The second kappa shape index (κ2) is 10.5. The van der Waals surface area contributed by atoms with Gasteiger partial charge in [-0.15, -0.1) is 0 Å². The van der Waals surface area contributed by atoms with Gasteiger partial charge in [-0.2, -0.15) is 18.3 Å². The number of aromatic nitrogens is 2. The Labute approximate surface area is 222 Å². The Morgan fingerprint density at radius 1 is 1.14 bits per heavy atom. The molecule has 1 aromatic heterocycles. The van der Waals surface area contributed by atoms with Crippen LogP contribution in [0.25, 0.3) is 10.9 Å². The van der Waals surface area contributed by atoms with Crippen LogP contribution in [0.1, 0.15) is 52.0 Å². The van der Waals surface area contributed by atoms with Gasteiger partial charge >= 0.3 is 12.1 Å². The van der Waals surface area contributed by atoms with Crippen molar-refractivity contribution < 1.29 is 27.5 Å². The van der Waals surface area contributed by atoms with Crippen molar-refractivity contribution in [2.24, 2.45) is 5.92 Å². The zero-order chi connectivity index (χ0) is 27.1. The second-order valence-electron chi connectivity index (χ2n) is 9.33. The summed E-state index contributed by atoms with van der Waals surface area (Å²) in [4.78, 5) is 26.6. The summed E-state index contributed by atoms with van der Waals surface area (Å²) < 4.78 is 46.3. The minimum atomic E-state index is -4.47. The molecular weight excluding hydrogens is 530 g/mol. The summed E-state index contributed by atoms with van der Waals surface area (Å²) in [5, 5.41) is 5.35. The van der Waals surface area contributed by atoms with Crippen LogP contribution in [0.4, 0.5) is 13.2 Å². The summed E-state index contributed by atoms with van der Waals surface area (Å²) in [6.07, 6.45) is -2.79. The molecule has 1 aliphatic heterocycles. The van der Waals surface area contributed by atoms with Gasteiger partial charge in [-0.3, -0.25) is 14.3 Å². The maximum Gasteiger partial charge on any atom is 0.416 e. The van der Waals surface area contributed by atoms with E-state index in [1.165, 1.54) is 7.11 Å². The molecule has 0 aliphatic carbocycles. The molecule has 2 aromatic carbocycles. The molecule has 6 nitrogen and oxygen atoms in total. The lowest BCUT2D eigenvalue weighted by Crippen LogP contribution is -2.39. The predicted molar refractivity (Wildman–Crippen MR) is 135 cm³/mol. The van der Waals surface area contributed by atoms with Crippen LogP contribution >= 0.6 is 23.2 Å². The van der Waals surface area contributed by atoms with E-state index in [0.29, 0.717) is 65.1 Å². The zero-order valence-electron chi connectivity index (χ0n) is 20.6. The molecule has 1 saturated heterocycles. The number of likely N-dealkylation sites (tertiary alicyclic amines) is 1. The van der Waals surface area contributed by atoms with Crippen molar-refractivity contribution in [1.29, 1.82) is 0 Å². The number of nitrogens with zero attached hydrogens (tertiary/aromatic N) is 3. The first-order chi connectivity index (χ1) is 17.4. The minimum absolute atomic E-state index is 0.0799. The number of piperidine rings is 1. The molecule has 0 bridgehead atoms. The molecule has 11 heteroatoms. The molecule has 3 aromatic rings. The van der Waals surface area contributed by atoms with Crippen molar-refractivity contribution in [2.45, 2.75) is 45.8 Å². The zero-order valence-corrected chi connectivity index (χ0v) is 22.1. The number of benzene rings is 2. The molecule has 0 atom stereocenters. The average molecular weight is 556 g/mol. The highest BCUT2D eigenvalue weighted by Gasteiger charge is 2.32. The number of ether oxygens (including phenoxy) is 1. The number of esters is 1. The molecule has 0 unspecified atom stereocenters. The van der Waals surface area contributed by atoms with Gasteiger partial charge in [0.25, 0.3) is 5.91 Å². The Morgan fingerprint density at radius 2 is 1.81 bits per heavy atom. The van der Waals surface area contributed by atoms with Gasteiger partial charge in [-0.05, 0) is 62.4 Å². The number of aryl methyl sites for hydroxylation is 2. The van der Waals surface area contributed by atoms with Crippen LogP contribution in [-0.4, -0.2) is 46.8 Å². The van der Waals surface area contributed by atoms with E-state index in [9.17, 15) is 22.8 Å². The third-order valence-electron chi connectivity index (χ3n) is 6.86. The third kappa shape index (κ3) is 5.57. The van der Waals surface area contributed by atoms with Crippen LogP contribution < -0.4 is 0 Å². The second-order valence-corrected chi connectivity index (χ2v) is 10.1. The summed E-state index contributed by atoms with van der Waals surface area (Å²) in [5.74, 6) is -0.349. The van der Waals surface area contributed by atoms with Crippen LogP contribution in [0.2, 0.25) is 10.0 Å². The van der Waals surface area contributed by atoms with Gasteiger partial charge in [-0.1, -0.05) is 23.2 Å². The summed E-state index contributed by atoms with van der Waals surface area (Å²) >= 11 is 13.2. The van der Waals surface area contributed by atoms with E-state index in [1.54, 1.807) is 35.6 Å². The topological polar surface area (TPSA) is 64.4 Å². The highest BCUT2D eigenvalue weighted by Crippen LogP contribution is 2.36. The Kier molecular flexibility index (Phi) is 7.76. The van der Waals surface area contributed by atoms with Gasteiger partial charge < -0.3 is 9.64 Å². The summed E-state index contributed by atoms with van der Waals surface area (Å²) in [5.41, 5.74) is 1.41. The first-order valence-electron chi connectivity index (χ1n) is 11.8. The van der Waals surface area contributed by atoms with E-state index in [-0.39, 0.29) is 34.9 Å². The Bertz CT molecular complexity index is 1360. The lowest BCUT2D eigenvalue weighted by Gasteiger charge is -2.32. The molecule has 4 rings (SSSR count). The summed E-state index contributed by atoms with van der Waals surface area (Å²) in [6.45, 7) is 4.29. The number of alkyl halides is 3. The van der Waals surface area contributed by atoms with Crippen molar-refractivity contribution >= 4 is 46.0 Å². The van der Waals surface area contributed by atoms with Crippen molar-refractivity contribution in [2.75, 3.05) is 20.2 Å². The SMILES string of the molecule is COC(=O)CC1CCN(C(=O)c2ccc(Cl)c(Cn3nc(C)c4cc(C(F)(F)F)cc(C)c43)c2Cl)CC1. The predicted octanol–water partition coefficient (Wildman–Crippen LogP) is 6.44. The Hall–Kier alpha value is -2.78. The molecule has 1 fully saturated rings. The Balaban J connectivity index is 1.61. The van der Waals surface area contributed by atoms with Gasteiger partial charge in [0.15, 0.2) is 0 Å². The van der Waals surface area contributed by atoms with Crippen molar-refractivity contribution in [3.8, 4) is 0 Å². The Morgan fingerprint density at radius 3 is 2.43 bits per heavy atom. The lowest BCUT2D eigenvalue weighted by molar-refractivity contribution is -0.142. The summed E-state index contributed by atoms with van der Waals surface area (Å²) in [7, 11) is 1.36. The molecule has 0 N–H and O–H groups in total.